The molecule has 0 radical (unpaired) electrons. The van der Waals surface area contributed by atoms with Gasteiger partial charge in [0.2, 0.25) is 0 Å². The number of benzene rings is 1. The lowest BCUT2D eigenvalue weighted by Gasteiger charge is -2.44. The molecule has 0 aliphatic carbocycles. The van der Waals surface area contributed by atoms with E-state index in [1.165, 1.54) is 12.1 Å². The number of nitrogens with zero attached hydrogens (tertiary/aromatic N) is 2. The minimum Gasteiger partial charge on any atom is -0.291 e. The molecular formula is C15H19F3N2O5S. The number of hydrogen-bond acceptors (Lipinski definition) is 6. The highest BCUT2D eigenvalue weighted by Crippen LogP contribution is 2.33. The van der Waals surface area contributed by atoms with E-state index >= 15 is 0 Å². The standard InChI is InChI=1S/C15H19F3N2O5S/c1-14(11-25-26(23,24)15(16,17)18)8-4-5-9-19(14)10-12-6-2-3-7-13(12)20(21)22/h2-3,6-7H,4-5,8-11H2,1H3/t14-/m1/s1. The van der Waals surface area contributed by atoms with Crippen LogP contribution in [0.2, 0.25) is 0 Å². The average molecular weight is 396 g/mol. The molecule has 0 aromatic heterocycles. The fourth-order valence-electron chi connectivity index (χ4n) is 2.97. The summed E-state index contributed by atoms with van der Waals surface area (Å²) < 4.78 is 64.1. The zero-order valence-electron chi connectivity index (χ0n) is 14.0. The third kappa shape index (κ3) is 4.51. The van der Waals surface area contributed by atoms with Crippen LogP contribution < -0.4 is 0 Å². The molecule has 1 fully saturated rings. The number of alkyl halides is 3. The SMILES string of the molecule is C[C@]1(COS(=O)(=O)C(F)(F)F)CCCCN1Cc1ccccc1[N+](=O)[O-]. The monoisotopic (exact) mass is 396 g/mol. The van der Waals surface area contributed by atoms with E-state index in [4.69, 9.17) is 0 Å². The predicted molar refractivity (Wildman–Crippen MR) is 86.7 cm³/mol. The molecule has 1 aliphatic rings. The fraction of sp³-hybridized carbons (Fsp3) is 0.600. The molecule has 7 nitrogen and oxygen atoms in total. The zero-order chi connectivity index (χ0) is 19.6. The maximum absolute atomic E-state index is 12.5. The van der Waals surface area contributed by atoms with E-state index in [0.717, 1.165) is 6.42 Å². The lowest BCUT2D eigenvalue weighted by Crippen LogP contribution is -2.53. The molecule has 0 bridgehead atoms. The Balaban J connectivity index is 2.20. The molecule has 11 heteroatoms. The number of nitro groups is 1. The van der Waals surface area contributed by atoms with Crippen LogP contribution in [0.1, 0.15) is 31.7 Å². The Bertz CT molecular complexity index is 769. The van der Waals surface area contributed by atoms with Gasteiger partial charge in [0.15, 0.2) is 0 Å². The summed E-state index contributed by atoms with van der Waals surface area (Å²) >= 11 is 0. The molecule has 1 saturated heterocycles. The van der Waals surface area contributed by atoms with Gasteiger partial charge in [-0.3, -0.25) is 19.2 Å². The average Bonchev–Trinajstić information content (AvgIpc) is 2.55. The smallest absolute Gasteiger partial charge is 0.291 e. The number of rotatable bonds is 6. The van der Waals surface area contributed by atoms with Crippen molar-refractivity contribution in [2.45, 2.75) is 43.8 Å². The highest BCUT2D eigenvalue weighted by atomic mass is 32.2. The first-order chi connectivity index (χ1) is 12.0. The van der Waals surface area contributed by atoms with Gasteiger partial charge in [0.1, 0.15) is 0 Å². The fourth-order valence-corrected chi connectivity index (χ4v) is 3.51. The maximum Gasteiger partial charge on any atom is 0.523 e. The Morgan fingerprint density at radius 3 is 2.58 bits per heavy atom. The van der Waals surface area contributed by atoms with Gasteiger partial charge >= 0.3 is 15.6 Å². The van der Waals surface area contributed by atoms with Gasteiger partial charge in [-0.1, -0.05) is 24.6 Å². The van der Waals surface area contributed by atoms with Gasteiger partial charge in [-0.05, 0) is 26.3 Å². The Kier molecular flexibility index (Phi) is 5.93. The van der Waals surface area contributed by atoms with Crippen LogP contribution in [0.4, 0.5) is 18.9 Å². The van der Waals surface area contributed by atoms with E-state index in [1.807, 2.05) is 0 Å². The largest absolute Gasteiger partial charge is 0.523 e. The molecular weight excluding hydrogens is 377 g/mol. The summed E-state index contributed by atoms with van der Waals surface area (Å²) in [5, 5.41) is 11.2. The first-order valence-electron chi connectivity index (χ1n) is 7.89. The van der Waals surface area contributed by atoms with Crippen molar-refractivity contribution in [1.29, 1.82) is 0 Å². The van der Waals surface area contributed by atoms with Gasteiger partial charge in [-0.25, -0.2) is 0 Å². The van der Waals surface area contributed by atoms with Gasteiger partial charge in [0, 0.05) is 23.7 Å². The van der Waals surface area contributed by atoms with Gasteiger partial charge in [0.25, 0.3) is 5.69 Å². The van der Waals surface area contributed by atoms with Gasteiger partial charge < -0.3 is 0 Å². The minimum absolute atomic E-state index is 0.0933. The Labute approximate surface area is 149 Å². The van der Waals surface area contributed by atoms with Crippen molar-refractivity contribution < 1.29 is 30.7 Å². The van der Waals surface area contributed by atoms with Crippen molar-refractivity contribution in [3.05, 3.63) is 39.9 Å². The second-order valence-corrected chi connectivity index (χ2v) is 8.03. The van der Waals surface area contributed by atoms with E-state index in [1.54, 1.807) is 24.0 Å². The third-order valence-electron chi connectivity index (χ3n) is 4.51. The molecule has 0 unspecified atom stereocenters. The van der Waals surface area contributed by atoms with Crippen molar-refractivity contribution in [1.82, 2.24) is 4.90 Å². The first kappa shape index (κ1) is 20.6. The topological polar surface area (TPSA) is 89.8 Å². The van der Waals surface area contributed by atoms with Crippen LogP contribution in [0.5, 0.6) is 0 Å². The summed E-state index contributed by atoms with van der Waals surface area (Å²) in [7, 11) is -5.69. The summed E-state index contributed by atoms with van der Waals surface area (Å²) in [5.74, 6) is 0. The Hall–Kier alpha value is -1.72. The maximum atomic E-state index is 12.5. The van der Waals surface area contributed by atoms with Gasteiger partial charge in [-0.15, -0.1) is 0 Å². The molecule has 1 aromatic rings. The molecule has 1 atom stereocenters. The van der Waals surface area contributed by atoms with Crippen LogP contribution in [-0.2, 0) is 20.8 Å². The second-order valence-electron chi connectivity index (χ2n) is 6.42. The van der Waals surface area contributed by atoms with E-state index in [-0.39, 0.29) is 12.2 Å². The number of nitro benzene ring substituents is 1. The normalized spacial score (nSPS) is 22.3. The molecule has 0 saturated carbocycles. The summed E-state index contributed by atoms with van der Waals surface area (Å²) in [6, 6.07) is 6.08. The van der Waals surface area contributed by atoms with Crippen LogP contribution in [0.25, 0.3) is 0 Å². The number of likely N-dealkylation sites (tertiary alicyclic amines) is 1. The van der Waals surface area contributed by atoms with Crippen molar-refractivity contribution in [3.63, 3.8) is 0 Å². The quantitative estimate of drug-likeness (QED) is 0.317. The van der Waals surface area contributed by atoms with E-state index in [9.17, 15) is 31.7 Å². The molecule has 1 heterocycles. The molecule has 1 aliphatic heterocycles. The van der Waals surface area contributed by atoms with Crippen LogP contribution in [0, 0.1) is 10.1 Å². The molecule has 26 heavy (non-hydrogen) atoms. The molecule has 2 rings (SSSR count). The Morgan fingerprint density at radius 1 is 1.31 bits per heavy atom. The molecule has 0 N–H and O–H groups in total. The van der Waals surface area contributed by atoms with Crippen molar-refractivity contribution in [2.75, 3.05) is 13.2 Å². The van der Waals surface area contributed by atoms with Crippen molar-refractivity contribution in [3.8, 4) is 0 Å². The van der Waals surface area contributed by atoms with Gasteiger partial charge in [-0.2, -0.15) is 21.6 Å². The second kappa shape index (κ2) is 7.49. The number of hydrogen-bond donors (Lipinski definition) is 0. The highest BCUT2D eigenvalue weighted by Gasteiger charge is 2.49. The van der Waals surface area contributed by atoms with E-state index < -0.39 is 32.7 Å². The zero-order valence-corrected chi connectivity index (χ0v) is 14.8. The lowest BCUT2D eigenvalue weighted by atomic mass is 9.88. The number of para-hydroxylation sites is 1. The summed E-state index contributed by atoms with van der Waals surface area (Å²) in [6.07, 6.45) is 1.86. The van der Waals surface area contributed by atoms with Crippen molar-refractivity contribution in [2.24, 2.45) is 0 Å². The van der Waals surface area contributed by atoms with Gasteiger partial charge in [0.05, 0.1) is 11.5 Å². The first-order valence-corrected chi connectivity index (χ1v) is 9.30. The predicted octanol–water partition coefficient (Wildman–Crippen LogP) is 3.21. The summed E-state index contributed by atoms with van der Waals surface area (Å²) in [5.41, 5.74) is -6.16. The summed E-state index contributed by atoms with van der Waals surface area (Å²) in [6.45, 7) is 1.52. The molecule has 1 aromatic carbocycles. The molecule has 0 amide bonds. The summed E-state index contributed by atoms with van der Waals surface area (Å²) in [4.78, 5) is 12.4. The van der Waals surface area contributed by atoms with Crippen LogP contribution >= 0.6 is 0 Å². The minimum atomic E-state index is -5.69. The third-order valence-corrected chi connectivity index (χ3v) is 5.51. The van der Waals surface area contributed by atoms with Crippen LogP contribution in [0.3, 0.4) is 0 Å². The molecule has 0 spiro atoms. The number of halogens is 3. The van der Waals surface area contributed by atoms with Crippen LogP contribution in [0.15, 0.2) is 24.3 Å². The van der Waals surface area contributed by atoms with Crippen molar-refractivity contribution >= 4 is 15.8 Å². The number of piperidine rings is 1. The van der Waals surface area contributed by atoms with Crippen LogP contribution in [-0.4, -0.2) is 42.4 Å². The van der Waals surface area contributed by atoms with E-state index in [2.05, 4.69) is 4.18 Å². The highest BCUT2D eigenvalue weighted by molar-refractivity contribution is 7.87. The Morgan fingerprint density at radius 2 is 1.96 bits per heavy atom. The lowest BCUT2D eigenvalue weighted by molar-refractivity contribution is -0.385. The van der Waals surface area contributed by atoms with E-state index in [0.29, 0.717) is 24.9 Å². The molecule has 146 valence electrons.